The van der Waals surface area contributed by atoms with E-state index in [9.17, 15) is 5.11 Å². The molecule has 0 unspecified atom stereocenters. The van der Waals surface area contributed by atoms with Gasteiger partial charge in [0.15, 0.2) is 11.5 Å². The fourth-order valence-corrected chi connectivity index (χ4v) is 1.60. The number of ether oxygens (including phenoxy) is 1. The van der Waals surface area contributed by atoms with Crippen molar-refractivity contribution in [3.05, 3.63) is 23.8 Å². The topological polar surface area (TPSA) is 41.5 Å². The summed E-state index contributed by atoms with van der Waals surface area (Å²) < 4.78 is 5.05. The number of benzene rings is 1. The standard InChI is InChI=1S/C13H21NO2/c1-3-4-5-9-14-10-11-7-6-8-12(16-2)13(11)15/h6-8,14-15H,3-5,9-10H2,1-2H3. The van der Waals surface area contributed by atoms with Gasteiger partial charge in [-0.05, 0) is 19.0 Å². The molecule has 0 heterocycles. The van der Waals surface area contributed by atoms with Crippen molar-refractivity contribution in [1.29, 1.82) is 0 Å². The van der Waals surface area contributed by atoms with Gasteiger partial charge in [-0.25, -0.2) is 0 Å². The van der Waals surface area contributed by atoms with Crippen LogP contribution in [0.5, 0.6) is 11.5 Å². The van der Waals surface area contributed by atoms with Crippen molar-refractivity contribution in [2.45, 2.75) is 32.7 Å². The summed E-state index contributed by atoms with van der Waals surface area (Å²) in [6, 6.07) is 5.56. The van der Waals surface area contributed by atoms with Crippen molar-refractivity contribution in [2.24, 2.45) is 0 Å². The third-order valence-corrected chi connectivity index (χ3v) is 2.58. The monoisotopic (exact) mass is 223 g/mol. The summed E-state index contributed by atoms with van der Waals surface area (Å²) in [5.74, 6) is 0.779. The Bertz CT molecular complexity index is 313. The van der Waals surface area contributed by atoms with Crippen molar-refractivity contribution < 1.29 is 9.84 Å². The zero-order valence-electron chi connectivity index (χ0n) is 10.1. The van der Waals surface area contributed by atoms with Gasteiger partial charge in [0.2, 0.25) is 0 Å². The highest BCUT2D eigenvalue weighted by Gasteiger charge is 2.05. The highest BCUT2D eigenvalue weighted by atomic mass is 16.5. The highest BCUT2D eigenvalue weighted by Crippen LogP contribution is 2.28. The molecular weight excluding hydrogens is 202 g/mol. The van der Waals surface area contributed by atoms with E-state index in [4.69, 9.17) is 4.74 Å². The lowest BCUT2D eigenvalue weighted by molar-refractivity contribution is 0.369. The first kappa shape index (κ1) is 12.8. The number of nitrogens with one attached hydrogen (secondary N) is 1. The summed E-state index contributed by atoms with van der Waals surface area (Å²) in [5, 5.41) is 13.1. The van der Waals surface area contributed by atoms with E-state index in [-0.39, 0.29) is 5.75 Å². The minimum absolute atomic E-state index is 0.244. The Morgan fingerprint density at radius 2 is 2.12 bits per heavy atom. The van der Waals surface area contributed by atoms with Crippen LogP contribution < -0.4 is 10.1 Å². The van der Waals surface area contributed by atoms with Crippen molar-refractivity contribution in [3.63, 3.8) is 0 Å². The molecule has 2 N–H and O–H groups in total. The minimum atomic E-state index is 0.244. The molecule has 0 atom stereocenters. The predicted octanol–water partition coefficient (Wildman–Crippen LogP) is 2.68. The summed E-state index contributed by atoms with van der Waals surface area (Å²) >= 11 is 0. The zero-order chi connectivity index (χ0) is 11.8. The molecule has 90 valence electrons. The number of unbranched alkanes of at least 4 members (excludes halogenated alkanes) is 2. The molecule has 1 aromatic carbocycles. The number of methoxy groups -OCH3 is 1. The average Bonchev–Trinajstić information content (AvgIpc) is 2.31. The van der Waals surface area contributed by atoms with Crippen molar-refractivity contribution >= 4 is 0 Å². The molecule has 0 amide bonds. The molecule has 0 bridgehead atoms. The van der Waals surface area contributed by atoms with Crippen LogP contribution in [-0.4, -0.2) is 18.8 Å². The smallest absolute Gasteiger partial charge is 0.162 e. The van der Waals surface area contributed by atoms with Gasteiger partial charge in [-0.3, -0.25) is 0 Å². The first-order valence-electron chi connectivity index (χ1n) is 5.85. The second-order valence-corrected chi connectivity index (χ2v) is 3.85. The summed E-state index contributed by atoms with van der Waals surface area (Å²) in [6.45, 7) is 3.87. The number of phenolic OH excluding ortho intramolecular Hbond substituents is 1. The lowest BCUT2D eigenvalue weighted by Gasteiger charge is -2.09. The van der Waals surface area contributed by atoms with Crippen molar-refractivity contribution in [2.75, 3.05) is 13.7 Å². The van der Waals surface area contributed by atoms with Crippen molar-refractivity contribution in [1.82, 2.24) is 5.32 Å². The molecule has 3 nitrogen and oxygen atoms in total. The van der Waals surface area contributed by atoms with E-state index in [1.54, 1.807) is 13.2 Å². The normalized spacial score (nSPS) is 10.4. The fourth-order valence-electron chi connectivity index (χ4n) is 1.60. The second-order valence-electron chi connectivity index (χ2n) is 3.85. The third-order valence-electron chi connectivity index (χ3n) is 2.58. The van der Waals surface area contributed by atoms with Gasteiger partial charge in [-0.2, -0.15) is 0 Å². The van der Waals surface area contributed by atoms with Crippen LogP contribution in [0.15, 0.2) is 18.2 Å². The zero-order valence-corrected chi connectivity index (χ0v) is 10.1. The first-order chi connectivity index (χ1) is 7.79. The van der Waals surface area contributed by atoms with Gasteiger partial charge in [0.05, 0.1) is 7.11 Å². The van der Waals surface area contributed by atoms with Gasteiger partial charge in [-0.1, -0.05) is 31.9 Å². The van der Waals surface area contributed by atoms with Crippen LogP contribution in [0.1, 0.15) is 31.7 Å². The lowest BCUT2D eigenvalue weighted by Crippen LogP contribution is -2.14. The van der Waals surface area contributed by atoms with Crippen LogP contribution in [0.2, 0.25) is 0 Å². The molecule has 0 saturated heterocycles. The Kier molecular flexibility index (Phi) is 5.72. The molecular formula is C13H21NO2. The molecule has 0 aliphatic rings. The predicted molar refractivity (Wildman–Crippen MR) is 65.9 cm³/mol. The van der Waals surface area contributed by atoms with Gasteiger partial charge >= 0.3 is 0 Å². The summed E-state index contributed by atoms with van der Waals surface area (Å²) in [6.07, 6.45) is 3.66. The van der Waals surface area contributed by atoms with Crippen LogP contribution >= 0.6 is 0 Å². The maximum Gasteiger partial charge on any atom is 0.162 e. The number of rotatable bonds is 7. The van der Waals surface area contributed by atoms with E-state index in [2.05, 4.69) is 12.2 Å². The van der Waals surface area contributed by atoms with Crippen LogP contribution in [0.25, 0.3) is 0 Å². The molecule has 1 aromatic rings. The van der Waals surface area contributed by atoms with E-state index in [0.29, 0.717) is 12.3 Å². The summed E-state index contributed by atoms with van der Waals surface area (Å²) in [5.41, 5.74) is 0.885. The molecule has 1 rings (SSSR count). The summed E-state index contributed by atoms with van der Waals surface area (Å²) in [7, 11) is 1.56. The van der Waals surface area contributed by atoms with Gasteiger partial charge in [0.25, 0.3) is 0 Å². The number of phenols is 1. The van der Waals surface area contributed by atoms with E-state index in [1.807, 2.05) is 12.1 Å². The quantitative estimate of drug-likeness (QED) is 0.698. The Balaban J connectivity index is 2.41. The van der Waals surface area contributed by atoms with Gasteiger partial charge < -0.3 is 15.2 Å². The Morgan fingerprint density at radius 3 is 2.81 bits per heavy atom. The largest absolute Gasteiger partial charge is 0.504 e. The van der Waals surface area contributed by atoms with Gasteiger partial charge in [0, 0.05) is 12.1 Å². The molecule has 16 heavy (non-hydrogen) atoms. The molecule has 0 aromatic heterocycles. The fraction of sp³-hybridized carbons (Fsp3) is 0.538. The Morgan fingerprint density at radius 1 is 1.31 bits per heavy atom. The van der Waals surface area contributed by atoms with E-state index >= 15 is 0 Å². The number of hydrogen-bond donors (Lipinski definition) is 2. The third kappa shape index (κ3) is 3.74. The van der Waals surface area contributed by atoms with Gasteiger partial charge in [-0.15, -0.1) is 0 Å². The molecule has 3 heteroatoms. The van der Waals surface area contributed by atoms with E-state index in [0.717, 1.165) is 12.1 Å². The van der Waals surface area contributed by atoms with Crippen molar-refractivity contribution in [3.8, 4) is 11.5 Å². The van der Waals surface area contributed by atoms with E-state index < -0.39 is 0 Å². The average molecular weight is 223 g/mol. The SMILES string of the molecule is CCCCCNCc1cccc(OC)c1O. The maximum absolute atomic E-state index is 9.83. The number of para-hydroxylation sites is 1. The van der Waals surface area contributed by atoms with Crippen LogP contribution in [-0.2, 0) is 6.54 Å². The molecule has 0 aliphatic carbocycles. The second kappa shape index (κ2) is 7.12. The maximum atomic E-state index is 9.83. The summed E-state index contributed by atoms with van der Waals surface area (Å²) in [4.78, 5) is 0. The first-order valence-corrected chi connectivity index (χ1v) is 5.85. The number of aromatic hydroxyl groups is 1. The Hall–Kier alpha value is -1.22. The molecule has 0 radical (unpaired) electrons. The number of hydrogen-bond acceptors (Lipinski definition) is 3. The van der Waals surface area contributed by atoms with E-state index in [1.165, 1.54) is 19.3 Å². The molecule has 0 aliphatic heterocycles. The van der Waals surface area contributed by atoms with Crippen LogP contribution in [0.3, 0.4) is 0 Å². The molecule has 0 saturated carbocycles. The minimum Gasteiger partial charge on any atom is -0.504 e. The highest BCUT2D eigenvalue weighted by molar-refractivity contribution is 5.45. The van der Waals surface area contributed by atoms with Crippen LogP contribution in [0.4, 0.5) is 0 Å². The van der Waals surface area contributed by atoms with Gasteiger partial charge in [0.1, 0.15) is 0 Å². The van der Waals surface area contributed by atoms with Crippen LogP contribution in [0, 0.1) is 0 Å². The Labute approximate surface area is 97.4 Å². The lowest BCUT2D eigenvalue weighted by atomic mass is 10.2. The molecule has 0 spiro atoms. The molecule has 0 fully saturated rings.